The first-order valence-electron chi connectivity index (χ1n) is 7.41. The van der Waals surface area contributed by atoms with Crippen molar-refractivity contribution in [2.75, 3.05) is 19.8 Å². The van der Waals surface area contributed by atoms with Crippen LogP contribution in [0.15, 0.2) is 46.2 Å². The Morgan fingerprint density at radius 2 is 1.83 bits per heavy atom. The van der Waals surface area contributed by atoms with E-state index in [2.05, 4.69) is 11.0 Å². The summed E-state index contributed by atoms with van der Waals surface area (Å²) in [4.78, 5) is 4.04. The highest BCUT2D eigenvalue weighted by Gasteiger charge is 2.12. The average molecular weight is 348 g/mol. The molecule has 0 aromatic heterocycles. The fourth-order valence-electron chi connectivity index (χ4n) is 1.93. The molecule has 2 aromatic carbocycles. The highest BCUT2D eigenvalue weighted by molar-refractivity contribution is 7.99. The molecular weight excluding hydrogens is 326 g/mol. The van der Waals surface area contributed by atoms with Crippen LogP contribution >= 0.6 is 23.4 Å². The zero-order valence-electron chi connectivity index (χ0n) is 13.9. The van der Waals surface area contributed by atoms with Crippen LogP contribution in [0.2, 0.25) is 5.02 Å². The van der Waals surface area contributed by atoms with Gasteiger partial charge in [-0.15, -0.1) is 0 Å². The Hall–Kier alpha value is -1.67. The third-order valence-corrected chi connectivity index (χ3v) is 4.40. The highest BCUT2D eigenvalue weighted by atomic mass is 35.5. The molecule has 0 radical (unpaired) electrons. The van der Waals surface area contributed by atoms with Crippen LogP contribution in [0.1, 0.15) is 25.0 Å². The summed E-state index contributed by atoms with van der Waals surface area (Å²) in [5, 5.41) is 9.64. The van der Waals surface area contributed by atoms with E-state index in [1.807, 2.05) is 64.3 Å². The molecule has 2 aromatic rings. The van der Waals surface area contributed by atoms with Gasteiger partial charge in [0.05, 0.1) is 10.6 Å². The molecule has 0 saturated heterocycles. The van der Waals surface area contributed by atoms with Crippen LogP contribution in [0.5, 0.6) is 0 Å². The number of nitrogens with two attached hydrogens (primary N) is 1. The molecule has 0 aliphatic heterocycles. The standard InChI is InChI=1S/C16H16ClN3S.C2H6/c1-20(2)10-12-7-13(17)11(9-18)8-16(12)21-15-6-4-3-5-14(15)19;1-2/h3-8H,10,19H2,1-2H3;1-2H3. The number of para-hydroxylation sites is 1. The third-order valence-electron chi connectivity index (χ3n) is 2.90. The predicted octanol–water partition coefficient (Wildman–Crippen LogP) is 5.03. The van der Waals surface area contributed by atoms with E-state index < -0.39 is 0 Å². The zero-order chi connectivity index (χ0) is 17.4. The van der Waals surface area contributed by atoms with Crippen LogP contribution in [0.4, 0.5) is 5.69 Å². The number of anilines is 1. The van der Waals surface area contributed by atoms with E-state index in [0.717, 1.165) is 27.6 Å². The maximum Gasteiger partial charge on any atom is 0.101 e. The van der Waals surface area contributed by atoms with Crippen molar-refractivity contribution in [1.29, 1.82) is 5.26 Å². The predicted molar refractivity (Wildman–Crippen MR) is 99.9 cm³/mol. The van der Waals surface area contributed by atoms with Crippen molar-refractivity contribution in [1.82, 2.24) is 4.90 Å². The molecule has 0 fully saturated rings. The molecular formula is C18H22ClN3S. The van der Waals surface area contributed by atoms with Gasteiger partial charge in [0.25, 0.3) is 0 Å². The average Bonchev–Trinajstić information content (AvgIpc) is 2.53. The summed E-state index contributed by atoms with van der Waals surface area (Å²) in [6.45, 7) is 4.75. The Morgan fingerprint density at radius 3 is 2.39 bits per heavy atom. The zero-order valence-corrected chi connectivity index (χ0v) is 15.5. The molecule has 0 spiro atoms. The molecule has 0 atom stereocenters. The molecule has 5 heteroatoms. The second kappa shape index (κ2) is 9.46. The van der Waals surface area contributed by atoms with E-state index in [0.29, 0.717) is 10.6 Å². The maximum atomic E-state index is 9.16. The smallest absolute Gasteiger partial charge is 0.101 e. The minimum atomic E-state index is 0.483. The third kappa shape index (κ3) is 5.47. The summed E-state index contributed by atoms with van der Waals surface area (Å²) < 4.78 is 0. The number of hydrogen-bond acceptors (Lipinski definition) is 4. The van der Waals surface area contributed by atoms with E-state index in [1.165, 1.54) is 0 Å². The first-order valence-corrected chi connectivity index (χ1v) is 8.60. The van der Waals surface area contributed by atoms with Crippen LogP contribution in [0.3, 0.4) is 0 Å². The lowest BCUT2D eigenvalue weighted by atomic mass is 10.1. The lowest BCUT2D eigenvalue weighted by molar-refractivity contribution is 0.399. The Kier molecular flexibility index (Phi) is 7.97. The van der Waals surface area contributed by atoms with Crippen molar-refractivity contribution in [3.63, 3.8) is 0 Å². The van der Waals surface area contributed by atoms with Gasteiger partial charge in [-0.1, -0.05) is 49.3 Å². The molecule has 0 saturated carbocycles. The van der Waals surface area contributed by atoms with Gasteiger partial charge in [0.2, 0.25) is 0 Å². The molecule has 23 heavy (non-hydrogen) atoms. The second-order valence-corrected chi connectivity index (χ2v) is 6.42. The van der Waals surface area contributed by atoms with Crippen LogP contribution in [0, 0.1) is 11.3 Å². The van der Waals surface area contributed by atoms with Gasteiger partial charge in [0, 0.05) is 22.0 Å². The summed E-state index contributed by atoms with van der Waals surface area (Å²) in [6.07, 6.45) is 0. The van der Waals surface area contributed by atoms with Crippen LogP contribution < -0.4 is 5.73 Å². The largest absolute Gasteiger partial charge is 0.398 e. The summed E-state index contributed by atoms with van der Waals surface area (Å²) in [5.41, 5.74) is 8.29. The van der Waals surface area contributed by atoms with Crippen molar-refractivity contribution in [3.8, 4) is 6.07 Å². The SMILES string of the molecule is CC.CN(C)Cc1cc(Cl)c(C#N)cc1Sc1ccccc1N. The quantitative estimate of drug-likeness (QED) is 0.788. The number of hydrogen-bond donors (Lipinski definition) is 1. The molecule has 2 rings (SSSR count). The molecule has 0 aliphatic rings. The number of benzene rings is 2. The summed E-state index contributed by atoms with van der Waals surface area (Å²) in [5.74, 6) is 0. The van der Waals surface area contributed by atoms with Crippen LogP contribution in [-0.4, -0.2) is 19.0 Å². The van der Waals surface area contributed by atoms with Gasteiger partial charge in [-0.2, -0.15) is 5.26 Å². The molecule has 0 unspecified atom stereocenters. The number of nitrogen functional groups attached to an aromatic ring is 1. The Labute approximate surface area is 148 Å². The Bertz CT molecular complexity index is 693. The van der Waals surface area contributed by atoms with E-state index >= 15 is 0 Å². The van der Waals surface area contributed by atoms with E-state index in [-0.39, 0.29) is 0 Å². The van der Waals surface area contributed by atoms with Gasteiger partial charge in [-0.3, -0.25) is 0 Å². The van der Waals surface area contributed by atoms with Crippen molar-refractivity contribution in [2.24, 2.45) is 0 Å². The Morgan fingerprint density at radius 1 is 1.17 bits per heavy atom. The fraction of sp³-hybridized carbons (Fsp3) is 0.278. The lowest BCUT2D eigenvalue weighted by Gasteiger charge is -2.15. The van der Waals surface area contributed by atoms with Crippen LogP contribution in [-0.2, 0) is 6.54 Å². The molecule has 122 valence electrons. The van der Waals surface area contributed by atoms with Gasteiger partial charge in [0.15, 0.2) is 0 Å². The number of nitrogens with zero attached hydrogens (tertiary/aromatic N) is 2. The molecule has 0 amide bonds. The monoisotopic (exact) mass is 347 g/mol. The number of rotatable bonds is 4. The minimum Gasteiger partial charge on any atom is -0.398 e. The van der Waals surface area contributed by atoms with Crippen LogP contribution in [0.25, 0.3) is 0 Å². The van der Waals surface area contributed by atoms with Gasteiger partial charge < -0.3 is 10.6 Å². The normalized spacial score (nSPS) is 9.96. The summed E-state index contributed by atoms with van der Waals surface area (Å²) >= 11 is 7.70. The first kappa shape index (κ1) is 19.4. The number of halogens is 1. The second-order valence-electron chi connectivity index (χ2n) is 4.93. The minimum absolute atomic E-state index is 0.483. The Balaban J connectivity index is 0.00000127. The molecule has 0 aliphatic carbocycles. The summed E-state index contributed by atoms with van der Waals surface area (Å²) in [6, 6.07) is 13.5. The summed E-state index contributed by atoms with van der Waals surface area (Å²) in [7, 11) is 3.99. The van der Waals surface area contributed by atoms with Crippen molar-refractivity contribution >= 4 is 29.1 Å². The highest BCUT2D eigenvalue weighted by Crippen LogP contribution is 2.36. The van der Waals surface area contributed by atoms with Crippen molar-refractivity contribution in [2.45, 2.75) is 30.2 Å². The van der Waals surface area contributed by atoms with Gasteiger partial charge in [0.1, 0.15) is 6.07 Å². The number of nitriles is 1. The van der Waals surface area contributed by atoms with E-state index in [4.69, 9.17) is 22.6 Å². The lowest BCUT2D eigenvalue weighted by Crippen LogP contribution is -2.11. The molecule has 3 nitrogen and oxygen atoms in total. The fourth-order valence-corrected chi connectivity index (χ4v) is 3.16. The first-order chi connectivity index (χ1) is 11.0. The maximum absolute atomic E-state index is 9.16. The van der Waals surface area contributed by atoms with Gasteiger partial charge in [-0.05, 0) is 43.9 Å². The van der Waals surface area contributed by atoms with Gasteiger partial charge in [-0.25, -0.2) is 0 Å². The van der Waals surface area contributed by atoms with E-state index in [1.54, 1.807) is 11.8 Å². The van der Waals surface area contributed by atoms with Gasteiger partial charge >= 0.3 is 0 Å². The van der Waals surface area contributed by atoms with Crippen molar-refractivity contribution in [3.05, 3.63) is 52.5 Å². The van der Waals surface area contributed by atoms with Crippen molar-refractivity contribution < 1.29 is 0 Å². The molecule has 0 heterocycles. The topological polar surface area (TPSA) is 53.0 Å². The molecule has 0 bridgehead atoms. The molecule has 2 N–H and O–H groups in total. The van der Waals surface area contributed by atoms with E-state index in [9.17, 15) is 0 Å².